The van der Waals surface area contributed by atoms with Crippen molar-refractivity contribution in [2.75, 3.05) is 6.61 Å². The number of nitrogens with one attached hydrogen (secondary N) is 1. The average Bonchev–Trinajstić information content (AvgIpc) is 2.35. The van der Waals surface area contributed by atoms with E-state index in [-0.39, 0.29) is 18.7 Å². The first-order valence-electron chi connectivity index (χ1n) is 6.38. The Morgan fingerprint density at radius 3 is 2.26 bits per heavy atom. The quantitative estimate of drug-likeness (QED) is 0.743. The minimum atomic E-state index is 0.0428. The van der Waals surface area contributed by atoms with Crippen LogP contribution in [-0.4, -0.2) is 17.8 Å². The third kappa shape index (κ3) is 4.51. The van der Waals surface area contributed by atoms with Crippen LogP contribution >= 0.6 is 34.8 Å². The molecule has 0 fully saturated rings. The van der Waals surface area contributed by atoms with E-state index in [4.69, 9.17) is 39.9 Å². The molecule has 2 unspecified atom stereocenters. The second kappa shape index (κ2) is 7.70. The molecule has 108 valence electrons. The second-order valence-corrected chi connectivity index (χ2v) is 6.18. The monoisotopic (exact) mass is 323 g/mol. The van der Waals surface area contributed by atoms with Crippen molar-refractivity contribution in [2.24, 2.45) is 5.92 Å². The van der Waals surface area contributed by atoms with Crippen LogP contribution in [-0.2, 0) is 0 Å². The van der Waals surface area contributed by atoms with Crippen molar-refractivity contribution in [3.05, 3.63) is 32.8 Å². The third-order valence-corrected chi connectivity index (χ3v) is 4.55. The highest BCUT2D eigenvalue weighted by molar-refractivity contribution is 6.48. The van der Waals surface area contributed by atoms with Crippen LogP contribution in [0, 0.1) is 5.92 Å². The van der Waals surface area contributed by atoms with E-state index >= 15 is 0 Å². The van der Waals surface area contributed by atoms with E-state index in [1.165, 1.54) is 0 Å². The maximum Gasteiger partial charge on any atom is 0.0781 e. The highest BCUT2D eigenvalue weighted by atomic mass is 35.5. The molecule has 2 atom stereocenters. The summed E-state index contributed by atoms with van der Waals surface area (Å²) in [5.41, 5.74) is 0.916. The molecule has 0 amide bonds. The average molecular weight is 325 g/mol. The third-order valence-electron chi connectivity index (χ3n) is 3.24. The normalized spacial score (nSPS) is 14.7. The van der Waals surface area contributed by atoms with E-state index in [2.05, 4.69) is 19.2 Å². The molecule has 1 aromatic rings. The molecule has 0 saturated heterocycles. The van der Waals surface area contributed by atoms with Gasteiger partial charge in [-0.3, -0.25) is 0 Å². The molecule has 1 aromatic carbocycles. The fraction of sp³-hybridized carbons (Fsp3) is 0.571. The predicted molar refractivity (Wildman–Crippen MR) is 83.4 cm³/mol. The largest absolute Gasteiger partial charge is 0.396 e. The van der Waals surface area contributed by atoms with E-state index in [0.717, 1.165) is 5.56 Å². The zero-order chi connectivity index (χ0) is 14.6. The molecule has 0 aromatic heterocycles. The van der Waals surface area contributed by atoms with Crippen molar-refractivity contribution in [1.82, 2.24) is 5.32 Å². The summed E-state index contributed by atoms with van der Waals surface area (Å²) in [7, 11) is 0. The lowest BCUT2D eigenvalue weighted by Crippen LogP contribution is -2.36. The summed E-state index contributed by atoms with van der Waals surface area (Å²) >= 11 is 18.2. The standard InChI is InChI=1S/C14H20Cl3NO/c1-8(2)12(6-7-19)18-9(3)10-4-5-11(15)14(17)13(10)16/h4-5,8-9,12,18-19H,6-7H2,1-3H3. The summed E-state index contributed by atoms with van der Waals surface area (Å²) in [6.07, 6.45) is 0.709. The minimum Gasteiger partial charge on any atom is -0.396 e. The van der Waals surface area contributed by atoms with Crippen molar-refractivity contribution in [1.29, 1.82) is 0 Å². The van der Waals surface area contributed by atoms with E-state index in [1.54, 1.807) is 6.07 Å². The number of aliphatic hydroxyl groups excluding tert-OH is 1. The maximum atomic E-state index is 9.10. The van der Waals surface area contributed by atoms with Crippen LogP contribution in [0.1, 0.15) is 38.8 Å². The number of benzene rings is 1. The zero-order valence-corrected chi connectivity index (χ0v) is 13.6. The van der Waals surface area contributed by atoms with E-state index in [1.807, 2.05) is 13.0 Å². The first-order valence-corrected chi connectivity index (χ1v) is 7.52. The van der Waals surface area contributed by atoms with Gasteiger partial charge < -0.3 is 10.4 Å². The summed E-state index contributed by atoms with van der Waals surface area (Å²) in [6, 6.07) is 3.90. The number of aliphatic hydroxyl groups is 1. The lowest BCUT2D eigenvalue weighted by atomic mass is 9.98. The Kier molecular flexibility index (Phi) is 6.92. The van der Waals surface area contributed by atoms with E-state index in [9.17, 15) is 0 Å². The zero-order valence-electron chi connectivity index (χ0n) is 11.4. The van der Waals surface area contributed by atoms with E-state index < -0.39 is 0 Å². The van der Waals surface area contributed by atoms with Gasteiger partial charge in [-0.05, 0) is 30.9 Å². The Bertz CT molecular complexity index is 423. The van der Waals surface area contributed by atoms with Gasteiger partial charge in [-0.1, -0.05) is 54.7 Å². The lowest BCUT2D eigenvalue weighted by Gasteiger charge is -2.27. The molecule has 2 N–H and O–H groups in total. The van der Waals surface area contributed by atoms with Crippen LogP contribution in [0.25, 0.3) is 0 Å². The second-order valence-electron chi connectivity index (χ2n) is 5.02. The molecule has 0 saturated carbocycles. The van der Waals surface area contributed by atoms with Crippen LogP contribution < -0.4 is 5.32 Å². The maximum absolute atomic E-state index is 9.10. The van der Waals surface area contributed by atoms with Gasteiger partial charge in [0.15, 0.2) is 0 Å². The van der Waals surface area contributed by atoms with Crippen LogP contribution in [0.2, 0.25) is 15.1 Å². The molecule has 0 aliphatic rings. The molecule has 0 radical (unpaired) electrons. The molecular weight excluding hydrogens is 305 g/mol. The first-order chi connectivity index (χ1) is 8.88. The van der Waals surface area contributed by atoms with Crippen LogP contribution in [0.5, 0.6) is 0 Å². The van der Waals surface area contributed by atoms with Gasteiger partial charge in [0.1, 0.15) is 0 Å². The number of hydrogen-bond acceptors (Lipinski definition) is 2. The van der Waals surface area contributed by atoms with Gasteiger partial charge in [0, 0.05) is 18.7 Å². The molecule has 0 bridgehead atoms. The fourth-order valence-electron chi connectivity index (χ4n) is 2.03. The minimum absolute atomic E-state index is 0.0428. The summed E-state index contributed by atoms with van der Waals surface area (Å²) in [4.78, 5) is 0. The molecule has 0 aliphatic heterocycles. The molecular formula is C14H20Cl3NO. The molecule has 0 heterocycles. The number of rotatable bonds is 6. The van der Waals surface area contributed by atoms with Gasteiger partial charge in [0.05, 0.1) is 15.1 Å². The molecule has 1 rings (SSSR count). The van der Waals surface area contributed by atoms with Gasteiger partial charge in [0.25, 0.3) is 0 Å². The molecule has 0 aliphatic carbocycles. The van der Waals surface area contributed by atoms with Crippen molar-refractivity contribution in [3.63, 3.8) is 0 Å². The molecule has 0 spiro atoms. The smallest absolute Gasteiger partial charge is 0.0781 e. The van der Waals surface area contributed by atoms with E-state index in [0.29, 0.717) is 27.4 Å². The number of hydrogen-bond donors (Lipinski definition) is 2. The summed E-state index contributed by atoms with van der Waals surface area (Å²) < 4.78 is 0. The molecule has 5 heteroatoms. The SMILES string of the molecule is CC(NC(CCO)C(C)C)c1ccc(Cl)c(Cl)c1Cl. The fourth-order valence-corrected chi connectivity index (χ4v) is 2.74. The van der Waals surface area contributed by atoms with Crippen LogP contribution in [0.4, 0.5) is 0 Å². The van der Waals surface area contributed by atoms with Gasteiger partial charge >= 0.3 is 0 Å². The van der Waals surface area contributed by atoms with Crippen molar-refractivity contribution in [3.8, 4) is 0 Å². The topological polar surface area (TPSA) is 32.3 Å². The summed E-state index contributed by atoms with van der Waals surface area (Å²) in [6.45, 7) is 6.43. The molecule has 2 nitrogen and oxygen atoms in total. The Hall–Kier alpha value is 0.01000. The summed E-state index contributed by atoms with van der Waals surface area (Å²) in [5.74, 6) is 0.427. The highest BCUT2D eigenvalue weighted by Gasteiger charge is 2.19. The first kappa shape index (κ1) is 17.1. The van der Waals surface area contributed by atoms with Gasteiger partial charge in [-0.2, -0.15) is 0 Å². The van der Waals surface area contributed by atoms with Crippen molar-refractivity contribution >= 4 is 34.8 Å². The van der Waals surface area contributed by atoms with Crippen LogP contribution in [0.15, 0.2) is 12.1 Å². The van der Waals surface area contributed by atoms with Gasteiger partial charge in [-0.15, -0.1) is 0 Å². The Balaban J connectivity index is 2.88. The highest BCUT2D eigenvalue weighted by Crippen LogP contribution is 2.35. The van der Waals surface area contributed by atoms with Crippen molar-refractivity contribution < 1.29 is 5.11 Å². The van der Waals surface area contributed by atoms with Gasteiger partial charge in [-0.25, -0.2) is 0 Å². The van der Waals surface area contributed by atoms with Gasteiger partial charge in [0.2, 0.25) is 0 Å². The summed E-state index contributed by atoms with van der Waals surface area (Å²) in [5, 5.41) is 13.9. The Morgan fingerprint density at radius 2 is 1.74 bits per heavy atom. The Morgan fingerprint density at radius 1 is 1.11 bits per heavy atom. The molecule has 19 heavy (non-hydrogen) atoms. The predicted octanol–water partition coefficient (Wildman–Crippen LogP) is 4.70. The number of halogens is 3. The van der Waals surface area contributed by atoms with Crippen LogP contribution in [0.3, 0.4) is 0 Å². The Labute approximate surface area is 130 Å². The van der Waals surface area contributed by atoms with Crippen molar-refractivity contribution in [2.45, 2.75) is 39.3 Å². The lowest BCUT2D eigenvalue weighted by molar-refractivity contribution is 0.237.